The van der Waals surface area contributed by atoms with E-state index >= 15 is 0 Å². The Kier molecular flexibility index (Phi) is 1.02. The zero-order valence-corrected chi connectivity index (χ0v) is 7.47. The van der Waals surface area contributed by atoms with E-state index in [0.29, 0.717) is 5.78 Å². The van der Waals surface area contributed by atoms with Crippen LogP contribution in [0.25, 0.3) is 0 Å². The highest BCUT2D eigenvalue weighted by Crippen LogP contribution is 2.57. The predicted molar refractivity (Wildman–Crippen MR) is 41.2 cm³/mol. The summed E-state index contributed by atoms with van der Waals surface area (Å²) < 4.78 is 5.43. The van der Waals surface area contributed by atoms with Crippen LogP contribution in [0.15, 0.2) is 0 Å². The Morgan fingerprint density at radius 2 is 1.45 bits per heavy atom. The Labute approximate surface area is 66.9 Å². The van der Waals surface area contributed by atoms with Crippen LogP contribution in [0.1, 0.15) is 27.7 Å². The van der Waals surface area contributed by atoms with Gasteiger partial charge in [0.15, 0.2) is 0 Å². The number of rotatable bonds is 0. The molecule has 0 radical (unpaired) electrons. The van der Waals surface area contributed by atoms with E-state index in [1.807, 2.05) is 27.7 Å². The lowest BCUT2D eigenvalue weighted by molar-refractivity contribution is -0.136. The van der Waals surface area contributed by atoms with Crippen molar-refractivity contribution in [1.29, 1.82) is 0 Å². The van der Waals surface area contributed by atoms with E-state index < -0.39 is 0 Å². The van der Waals surface area contributed by atoms with Crippen LogP contribution in [0.2, 0.25) is 0 Å². The summed E-state index contributed by atoms with van der Waals surface area (Å²) in [7, 11) is 0. The molecule has 2 fully saturated rings. The van der Waals surface area contributed by atoms with Gasteiger partial charge in [0.2, 0.25) is 0 Å². The summed E-state index contributed by atoms with van der Waals surface area (Å²) in [6.07, 6.45) is 0.398. The zero-order valence-electron chi connectivity index (χ0n) is 7.47. The maximum Gasteiger partial charge on any atom is 0.149 e. The Morgan fingerprint density at radius 3 is 1.64 bits per heavy atom. The van der Waals surface area contributed by atoms with Gasteiger partial charge in [-0.1, -0.05) is 27.7 Å². The number of Topliss-reactive ketones (excluding diaryl/α,β-unsaturated/α-hetero) is 1. The summed E-state index contributed by atoms with van der Waals surface area (Å²) in [6.45, 7) is 7.92. The molecule has 0 aromatic heterocycles. The van der Waals surface area contributed by atoms with Crippen molar-refractivity contribution in [1.82, 2.24) is 0 Å². The molecule has 62 valence electrons. The van der Waals surface area contributed by atoms with Gasteiger partial charge >= 0.3 is 0 Å². The van der Waals surface area contributed by atoms with E-state index in [1.165, 1.54) is 0 Å². The standard InChI is InChI=1S/C9H14O2/c1-8(2)5-6(11-5)9(3,4)7(8)10/h5-6H,1-4H3. The van der Waals surface area contributed by atoms with Crippen LogP contribution in [0.4, 0.5) is 0 Å². The monoisotopic (exact) mass is 154 g/mol. The SMILES string of the molecule is CC1(C)C(=O)C(C)(C)C2OC21. The van der Waals surface area contributed by atoms with Crippen LogP contribution in [0.3, 0.4) is 0 Å². The van der Waals surface area contributed by atoms with E-state index in [4.69, 9.17) is 4.74 Å². The maximum absolute atomic E-state index is 11.7. The molecule has 0 amide bonds. The maximum atomic E-state index is 11.7. The van der Waals surface area contributed by atoms with Crippen molar-refractivity contribution in [2.24, 2.45) is 10.8 Å². The van der Waals surface area contributed by atoms with Crippen LogP contribution in [-0.4, -0.2) is 18.0 Å². The number of fused-ring (bicyclic) bond motifs is 1. The number of hydrogen-bond acceptors (Lipinski definition) is 2. The average Bonchev–Trinajstić information content (AvgIpc) is 2.59. The highest BCUT2D eigenvalue weighted by Gasteiger charge is 2.70. The van der Waals surface area contributed by atoms with Crippen LogP contribution >= 0.6 is 0 Å². The van der Waals surface area contributed by atoms with Gasteiger partial charge in [-0.3, -0.25) is 4.79 Å². The predicted octanol–water partition coefficient (Wildman–Crippen LogP) is 1.39. The third-order valence-corrected chi connectivity index (χ3v) is 3.08. The number of carbonyl (C=O) groups excluding carboxylic acids is 1. The molecule has 0 aromatic carbocycles. The highest BCUT2D eigenvalue weighted by molar-refractivity contribution is 5.94. The Bertz CT molecular complexity index is 206. The second-order valence-electron chi connectivity index (χ2n) is 4.75. The lowest BCUT2D eigenvalue weighted by Gasteiger charge is -2.24. The number of ketones is 1. The van der Waals surface area contributed by atoms with Gasteiger partial charge in [0.25, 0.3) is 0 Å². The minimum Gasteiger partial charge on any atom is -0.367 e. The molecule has 2 rings (SSSR count). The number of ether oxygens (including phenoxy) is 1. The van der Waals surface area contributed by atoms with Crippen LogP contribution in [0, 0.1) is 10.8 Å². The third-order valence-electron chi connectivity index (χ3n) is 3.08. The highest BCUT2D eigenvalue weighted by atomic mass is 16.6. The molecule has 2 heteroatoms. The quantitative estimate of drug-likeness (QED) is 0.493. The first-order valence-electron chi connectivity index (χ1n) is 4.09. The van der Waals surface area contributed by atoms with Crippen molar-refractivity contribution in [2.75, 3.05) is 0 Å². The molecule has 11 heavy (non-hydrogen) atoms. The van der Waals surface area contributed by atoms with E-state index in [-0.39, 0.29) is 23.0 Å². The molecule has 2 unspecified atom stereocenters. The molecule has 0 aromatic rings. The summed E-state index contributed by atoms with van der Waals surface area (Å²) in [5, 5.41) is 0. The summed E-state index contributed by atoms with van der Waals surface area (Å²) >= 11 is 0. The molecule has 1 aliphatic heterocycles. The van der Waals surface area contributed by atoms with Gasteiger partial charge in [0.05, 0.1) is 23.0 Å². The minimum absolute atomic E-state index is 0.199. The molecule has 1 aliphatic carbocycles. The summed E-state index contributed by atoms with van der Waals surface area (Å²) in [4.78, 5) is 11.7. The van der Waals surface area contributed by atoms with Crippen molar-refractivity contribution >= 4 is 5.78 Å². The fraction of sp³-hybridized carbons (Fsp3) is 0.889. The second kappa shape index (κ2) is 1.53. The number of carbonyl (C=O) groups is 1. The van der Waals surface area contributed by atoms with E-state index in [0.717, 1.165) is 0 Å². The summed E-state index contributed by atoms with van der Waals surface area (Å²) in [6, 6.07) is 0. The summed E-state index contributed by atoms with van der Waals surface area (Å²) in [5.74, 6) is 0.353. The molecule has 2 atom stereocenters. The minimum atomic E-state index is -0.242. The van der Waals surface area contributed by atoms with Gasteiger partial charge in [-0.25, -0.2) is 0 Å². The molecule has 1 heterocycles. The molecule has 0 bridgehead atoms. The Morgan fingerprint density at radius 1 is 1.09 bits per heavy atom. The zero-order chi connectivity index (χ0) is 8.44. The van der Waals surface area contributed by atoms with E-state index in [2.05, 4.69) is 0 Å². The van der Waals surface area contributed by atoms with Gasteiger partial charge in [-0.05, 0) is 0 Å². The lowest BCUT2D eigenvalue weighted by Crippen LogP contribution is -2.34. The topological polar surface area (TPSA) is 29.6 Å². The van der Waals surface area contributed by atoms with E-state index in [1.54, 1.807) is 0 Å². The van der Waals surface area contributed by atoms with E-state index in [9.17, 15) is 4.79 Å². The molecule has 1 saturated heterocycles. The van der Waals surface area contributed by atoms with Crippen LogP contribution in [-0.2, 0) is 9.53 Å². The molecule has 0 spiro atoms. The fourth-order valence-corrected chi connectivity index (χ4v) is 2.30. The Hall–Kier alpha value is -0.370. The van der Waals surface area contributed by atoms with Gasteiger partial charge in [0.1, 0.15) is 5.78 Å². The van der Waals surface area contributed by atoms with Crippen molar-refractivity contribution in [3.63, 3.8) is 0 Å². The van der Waals surface area contributed by atoms with Crippen molar-refractivity contribution in [3.8, 4) is 0 Å². The van der Waals surface area contributed by atoms with Crippen LogP contribution in [0.5, 0.6) is 0 Å². The Balaban J connectivity index is 2.41. The molecular formula is C9H14O2. The van der Waals surface area contributed by atoms with Crippen molar-refractivity contribution < 1.29 is 9.53 Å². The lowest BCUT2D eigenvalue weighted by atomic mass is 9.81. The van der Waals surface area contributed by atoms with Gasteiger partial charge in [0, 0.05) is 0 Å². The first-order chi connectivity index (χ1) is 4.88. The largest absolute Gasteiger partial charge is 0.367 e. The smallest absolute Gasteiger partial charge is 0.149 e. The van der Waals surface area contributed by atoms with Crippen molar-refractivity contribution in [2.45, 2.75) is 39.9 Å². The van der Waals surface area contributed by atoms with Crippen molar-refractivity contribution in [3.05, 3.63) is 0 Å². The summed E-state index contributed by atoms with van der Waals surface area (Å²) in [5.41, 5.74) is -0.484. The molecule has 0 N–H and O–H groups in total. The number of epoxide rings is 1. The normalized spacial score (nSPS) is 43.8. The number of hydrogen-bond donors (Lipinski definition) is 0. The molecular weight excluding hydrogens is 140 g/mol. The van der Waals surface area contributed by atoms with Crippen LogP contribution < -0.4 is 0 Å². The first-order valence-corrected chi connectivity index (χ1v) is 4.09. The molecule has 2 aliphatic rings. The molecule has 2 nitrogen and oxygen atoms in total. The fourth-order valence-electron chi connectivity index (χ4n) is 2.30. The third kappa shape index (κ3) is 0.639. The van der Waals surface area contributed by atoms with Gasteiger partial charge in [-0.15, -0.1) is 0 Å². The van der Waals surface area contributed by atoms with Gasteiger partial charge < -0.3 is 4.74 Å². The average molecular weight is 154 g/mol. The first kappa shape index (κ1) is 7.29. The second-order valence-corrected chi connectivity index (χ2v) is 4.75. The molecule has 1 saturated carbocycles. The van der Waals surface area contributed by atoms with Gasteiger partial charge in [-0.2, -0.15) is 0 Å².